The number of allylic oxidation sites excluding steroid dienone is 1. The fourth-order valence-corrected chi connectivity index (χ4v) is 1.32. The zero-order valence-electron chi connectivity index (χ0n) is 13.1. The van der Waals surface area contributed by atoms with Crippen molar-refractivity contribution in [3.05, 3.63) is 24.5 Å². The van der Waals surface area contributed by atoms with Crippen LogP contribution in [-0.4, -0.2) is 44.5 Å². The van der Waals surface area contributed by atoms with Crippen molar-refractivity contribution in [2.45, 2.75) is 39.4 Å². The zero-order valence-corrected chi connectivity index (χ0v) is 13.1. The third kappa shape index (κ3) is 8.86. The highest BCUT2D eigenvalue weighted by molar-refractivity contribution is 5.86. The van der Waals surface area contributed by atoms with Crippen LogP contribution in [0.25, 0.3) is 0 Å². The largest absolute Gasteiger partial charge is 0.481 e. The molecule has 21 heavy (non-hydrogen) atoms. The van der Waals surface area contributed by atoms with E-state index in [0.717, 1.165) is 6.08 Å². The van der Waals surface area contributed by atoms with Crippen LogP contribution in [0.5, 0.6) is 0 Å². The molecule has 6 heteroatoms. The predicted octanol–water partition coefficient (Wildman–Crippen LogP) is 1.99. The summed E-state index contributed by atoms with van der Waals surface area (Å²) in [4.78, 5) is 22.4. The van der Waals surface area contributed by atoms with Gasteiger partial charge in [-0.25, -0.2) is 9.59 Å². The molecule has 0 amide bonds. The first-order valence-electron chi connectivity index (χ1n) is 6.80. The van der Waals surface area contributed by atoms with Gasteiger partial charge in [-0.05, 0) is 26.3 Å². The Hall–Kier alpha value is -1.82. The van der Waals surface area contributed by atoms with Crippen LogP contribution in [0.3, 0.4) is 0 Å². The molecular formula is C15H24O6. The van der Waals surface area contributed by atoms with E-state index in [9.17, 15) is 9.59 Å². The summed E-state index contributed by atoms with van der Waals surface area (Å²) in [7, 11) is 1.30. The van der Waals surface area contributed by atoms with Crippen LogP contribution < -0.4 is 0 Å². The van der Waals surface area contributed by atoms with Gasteiger partial charge in [0.15, 0.2) is 0 Å². The van der Waals surface area contributed by atoms with Gasteiger partial charge in [0.25, 0.3) is 0 Å². The molecule has 0 aliphatic rings. The second-order valence-electron chi connectivity index (χ2n) is 4.37. The Bertz CT molecular complexity index is 374. The van der Waals surface area contributed by atoms with Gasteiger partial charge < -0.3 is 18.9 Å². The van der Waals surface area contributed by atoms with E-state index in [1.54, 1.807) is 19.9 Å². The van der Waals surface area contributed by atoms with E-state index in [1.807, 2.05) is 6.92 Å². The number of esters is 2. The number of carbonyl (C=O) groups excluding carboxylic acids is 2. The highest BCUT2D eigenvalue weighted by atomic mass is 16.6. The molecule has 120 valence electrons. The lowest BCUT2D eigenvalue weighted by molar-refractivity contribution is -0.145. The van der Waals surface area contributed by atoms with Crippen molar-refractivity contribution in [2.24, 2.45) is 0 Å². The molecule has 0 bridgehead atoms. The molecule has 0 spiro atoms. The first-order valence-corrected chi connectivity index (χ1v) is 6.80. The topological polar surface area (TPSA) is 71.1 Å². The standard InChI is InChI=1S/C15H24O6/c1-6-8-13(15(17)18-5)21-12(4)10-19-11(3)9-20-14(16)7-2/h7-8,11-12H,2,6,9-10H2,1,3-5H3. The number of hydrogen-bond donors (Lipinski definition) is 0. The molecule has 0 heterocycles. The van der Waals surface area contributed by atoms with Crippen molar-refractivity contribution in [2.75, 3.05) is 20.3 Å². The van der Waals surface area contributed by atoms with Gasteiger partial charge in [-0.1, -0.05) is 13.5 Å². The van der Waals surface area contributed by atoms with Crippen LogP contribution >= 0.6 is 0 Å². The average molecular weight is 300 g/mol. The highest BCUT2D eigenvalue weighted by Crippen LogP contribution is 2.08. The smallest absolute Gasteiger partial charge is 0.372 e. The Balaban J connectivity index is 4.15. The minimum Gasteiger partial charge on any atom is -0.481 e. The Morgan fingerprint density at radius 2 is 1.86 bits per heavy atom. The van der Waals surface area contributed by atoms with E-state index in [0.29, 0.717) is 6.42 Å². The number of hydrogen-bond acceptors (Lipinski definition) is 6. The quantitative estimate of drug-likeness (QED) is 0.349. The normalized spacial score (nSPS) is 14.0. The van der Waals surface area contributed by atoms with Crippen molar-refractivity contribution < 1.29 is 28.5 Å². The minimum atomic E-state index is -0.517. The Morgan fingerprint density at radius 1 is 1.19 bits per heavy atom. The van der Waals surface area contributed by atoms with E-state index in [4.69, 9.17) is 14.2 Å². The number of carbonyl (C=O) groups is 2. The van der Waals surface area contributed by atoms with Gasteiger partial charge in [0.1, 0.15) is 12.7 Å². The van der Waals surface area contributed by atoms with E-state index in [2.05, 4.69) is 11.3 Å². The Labute approximate surface area is 125 Å². The third-order valence-electron chi connectivity index (χ3n) is 2.35. The van der Waals surface area contributed by atoms with Crippen molar-refractivity contribution >= 4 is 11.9 Å². The van der Waals surface area contributed by atoms with E-state index < -0.39 is 11.9 Å². The van der Waals surface area contributed by atoms with Gasteiger partial charge >= 0.3 is 11.9 Å². The van der Waals surface area contributed by atoms with Crippen LogP contribution in [0, 0.1) is 0 Å². The van der Waals surface area contributed by atoms with Gasteiger partial charge in [0, 0.05) is 6.08 Å². The predicted molar refractivity (Wildman–Crippen MR) is 77.5 cm³/mol. The van der Waals surface area contributed by atoms with E-state index in [1.165, 1.54) is 7.11 Å². The summed E-state index contributed by atoms with van der Waals surface area (Å²) in [5, 5.41) is 0. The molecule has 2 atom stereocenters. The number of ether oxygens (including phenoxy) is 4. The summed E-state index contributed by atoms with van der Waals surface area (Å²) >= 11 is 0. The molecule has 0 rings (SSSR count). The van der Waals surface area contributed by atoms with Crippen molar-refractivity contribution in [1.29, 1.82) is 0 Å². The molecule has 0 aliphatic heterocycles. The lowest BCUT2D eigenvalue weighted by Gasteiger charge is -2.19. The summed E-state index contributed by atoms with van der Waals surface area (Å²) in [6.07, 6.45) is 2.79. The van der Waals surface area contributed by atoms with Crippen molar-refractivity contribution in [1.82, 2.24) is 0 Å². The van der Waals surface area contributed by atoms with E-state index >= 15 is 0 Å². The molecule has 0 aromatic carbocycles. The maximum atomic E-state index is 11.5. The highest BCUT2D eigenvalue weighted by Gasteiger charge is 2.15. The average Bonchev–Trinajstić information content (AvgIpc) is 2.49. The molecule has 0 aromatic heterocycles. The third-order valence-corrected chi connectivity index (χ3v) is 2.35. The second kappa shape index (κ2) is 10.9. The monoisotopic (exact) mass is 300 g/mol. The van der Waals surface area contributed by atoms with Crippen molar-refractivity contribution in [3.63, 3.8) is 0 Å². The van der Waals surface area contributed by atoms with E-state index in [-0.39, 0.29) is 31.2 Å². The minimum absolute atomic E-state index is 0.131. The molecule has 0 aliphatic carbocycles. The summed E-state index contributed by atoms with van der Waals surface area (Å²) in [6.45, 7) is 9.12. The lowest BCUT2D eigenvalue weighted by Crippen LogP contribution is -2.25. The summed E-state index contributed by atoms with van der Waals surface area (Å²) in [5.74, 6) is -0.841. The number of rotatable bonds is 10. The van der Waals surface area contributed by atoms with Crippen LogP contribution in [0.1, 0.15) is 27.2 Å². The molecule has 6 nitrogen and oxygen atoms in total. The maximum Gasteiger partial charge on any atom is 0.372 e. The SMILES string of the molecule is C=CC(=O)OCC(C)OCC(C)OC(=CCC)C(=O)OC. The summed E-state index contributed by atoms with van der Waals surface area (Å²) in [5.41, 5.74) is 0. The molecule has 0 saturated carbocycles. The Morgan fingerprint density at radius 3 is 2.38 bits per heavy atom. The Kier molecular flexibility index (Phi) is 9.96. The lowest BCUT2D eigenvalue weighted by atomic mass is 10.3. The molecule has 0 N–H and O–H groups in total. The zero-order chi connectivity index (χ0) is 16.3. The fraction of sp³-hybridized carbons (Fsp3) is 0.600. The molecule has 0 aromatic rings. The van der Waals surface area contributed by atoms with Crippen LogP contribution in [0.2, 0.25) is 0 Å². The molecular weight excluding hydrogens is 276 g/mol. The van der Waals surface area contributed by atoms with Gasteiger partial charge in [-0.15, -0.1) is 0 Å². The van der Waals surface area contributed by atoms with Gasteiger partial charge in [-0.2, -0.15) is 0 Å². The van der Waals surface area contributed by atoms with Crippen molar-refractivity contribution in [3.8, 4) is 0 Å². The number of methoxy groups -OCH3 is 1. The fourth-order valence-electron chi connectivity index (χ4n) is 1.32. The van der Waals surface area contributed by atoms with Gasteiger partial charge in [0.2, 0.25) is 5.76 Å². The van der Waals surface area contributed by atoms with Gasteiger partial charge in [0.05, 0.1) is 19.8 Å². The molecule has 0 saturated heterocycles. The second-order valence-corrected chi connectivity index (χ2v) is 4.37. The van der Waals surface area contributed by atoms with Crippen LogP contribution in [0.15, 0.2) is 24.5 Å². The molecule has 2 unspecified atom stereocenters. The van der Waals surface area contributed by atoms with Crippen LogP contribution in [0.4, 0.5) is 0 Å². The first-order chi connectivity index (χ1) is 9.94. The summed E-state index contributed by atoms with van der Waals surface area (Å²) in [6, 6.07) is 0. The molecule has 0 radical (unpaired) electrons. The van der Waals surface area contributed by atoms with Gasteiger partial charge in [-0.3, -0.25) is 0 Å². The molecule has 0 fully saturated rings. The maximum absolute atomic E-state index is 11.5. The van der Waals surface area contributed by atoms with Crippen LogP contribution in [-0.2, 0) is 28.5 Å². The summed E-state index contributed by atoms with van der Waals surface area (Å²) < 4.78 is 20.4. The first kappa shape index (κ1) is 19.2.